The number of quaternary nitrogens is 1. The zero-order valence-electron chi connectivity index (χ0n) is 8.37. The molecule has 3 unspecified atom stereocenters. The zero-order chi connectivity index (χ0) is 9.59. The fourth-order valence-electron chi connectivity index (χ4n) is 2.27. The van der Waals surface area contributed by atoms with E-state index in [1.165, 1.54) is 4.90 Å². The van der Waals surface area contributed by atoms with Gasteiger partial charge in [0.25, 0.3) is 0 Å². The van der Waals surface area contributed by atoms with Crippen molar-refractivity contribution in [1.82, 2.24) is 15.1 Å². The van der Waals surface area contributed by atoms with Gasteiger partial charge in [0.05, 0.1) is 13.7 Å². The Hall–Kier alpha value is -0.650. The molecule has 0 aromatic rings. The molecule has 5 nitrogen and oxygen atoms in total. The quantitative estimate of drug-likeness (QED) is 0.426. The summed E-state index contributed by atoms with van der Waals surface area (Å²) < 4.78 is 0. The highest BCUT2D eigenvalue weighted by atomic mass is 16.2. The Morgan fingerprint density at radius 1 is 1.54 bits per heavy atom. The molecule has 3 atom stereocenters. The summed E-state index contributed by atoms with van der Waals surface area (Å²) >= 11 is 0. The van der Waals surface area contributed by atoms with Crippen molar-refractivity contribution < 1.29 is 9.69 Å². The van der Waals surface area contributed by atoms with Crippen LogP contribution in [0.15, 0.2) is 0 Å². The number of hydrogen-bond donors (Lipinski definition) is 2. The summed E-state index contributed by atoms with van der Waals surface area (Å²) in [5.41, 5.74) is 0. The van der Waals surface area contributed by atoms with Gasteiger partial charge in [0.2, 0.25) is 5.91 Å². The van der Waals surface area contributed by atoms with Crippen LogP contribution in [0.3, 0.4) is 0 Å². The van der Waals surface area contributed by atoms with Gasteiger partial charge in [-0.05, 0) is 7.05 Å². The summed E-state index contributed by atoms with van der Waals surface area (Å²) in [4.78, 5) is 17.0. The van der Waals surface area contributed by atoms with E-state index in [9.17, 15) is 4.79 Å². The third-order valence-electron chi connectivity index (χ3n) is 3.00. The smallest absolute Gasteiger partial charge is 0.248 e. The third kappa shape index (κ3) is 1.23. The van der Waals surface area contributed by atoms with Crippen LogP contribution in [0.4, 0.5) is 0 Å². The monoisotopic (exact) mass is 185 g/mol. The Morgan fingerprint density at radius 2 is 2.23 bits per heavy atom. The van der Waals surface area contributed by atoms with Crippen LogP contribution < -0.4 is 10.2 Å². The summed E-state index contributed by atoms with van der Waals surface area (Å²) in [6.45, 7) is 1.60. The van der Waals surface area contributed by atoms with E-state index in [1.54, 1.807) is 4.90 Å². The summed E-state index contributed by atoms with van der Waals surface area (Å²) in [6.07, 6.45) is 0.272. The molecule has 0 aromatic heterocycles. The van der Waals surface area contributed by atoms with Gasteiger partial charge in [0, 0.05) is 7.05 Å². The topological polar surface area (TPSA) is 40.0 Å². The minimum atomic E-state index is 0.0266. The molecular weight excluding hydrogens is 168 g/mol. The molecule has 0 spiro atoms. The predicted molar refractivity (Wildman–Crippen MR) is 47.9 cm³/mol. The number of carbonyl (C=O) groups is 1. The van der Waals surface area contributed by atoms with E-state index in [1.807, 2.05) is 14.1 Å². The van der Waals surface area contributed by atoms with E-state index in [4.69, 9.17) is 0 Å². The molecule has 1 amide bonds. The van der Waals surface area contributed by atoms with Gasteiger partial charge < -0.3 is 9.80 Å². The molecule has 13 heavy (non-hydrogen) atoms. The SMILES string of the molecule is CN1CNC2C(C1=O)N(C)C[NH+]2C. The van der Waals surface area contributed by atoms with Gasteiger partial charge in [-0.25, -0.2) is 10.2 Å². The molecule has 0 aromatic carbocycles. The lowest BCUT2D eigenvalue weighted by atomic mass is 10.1. The first kappa shape index (κ1) is 8.93. The molecule has 5 heteroatoms. The van der Waals surface area contributed by atoms with Crippen LogP contribution in [0.25, 0.3) is 0 Å². The fraction of sp³-hybridized carbons (Fsp3) is 0.875. The Kier molecular flexibility index (Phi) is 2.02. The molecule has 0 aliphatic carbocycles. The Morgan fingerprint density at radius 3 is 2.92 bits per heavy atom. The second kappa shape index (κ2) is 2.94. The Labute approximate surface area is 78.3 Å². The number of nitrogens with one attached hydrogen (secondary N) is 2. The van der Waals surface area contributed by atoms with Crippen LogP contribution in [0.2, 0.25) is 0 Å². The van der Waals surface area contributed by atoms with Crippen LogP contribution in [0, 0.1) is 0 Å². The number of rotatable bonds is 0. The van der Waals surface area contributed by atoms with Crippen molar-refractivity contribution in [2.24, 2.45) is 0 Å². The van der Waals surface area contributed by atoms with Crippen molar-refractivity contribution in [3.05, 3.63) is 0 Å². The van der Waals surface area contributed by atoms with Gasteiger partial charge in [-0.1, -0.05) is 0 Å². The predicted octanol–water partition coefficient (Wildman–Crippen LogP) is -2.88. The van der Waals surface area contributed by atoms with Gasteiger partial charge >= 0.3 is 0 Å². The van der Waals surface area contributed by atoms with Crippen molar-refractivity contribution >= 4 is 5.91 Å². The van der Waals surface area contributed by atoms with Crippen molar-refractivity contribution in [2.75, 3.05) is 34.5 Å². The van der Waals surface area contributed by atoms with Gasteiger partial charge in [0.1, 0.15) is 6.67 Å². The first-order valence-corrected chi connectivity index (χ1v) is 4.62. The van der Waals surface area contributed by atoms with E-state index >= 15 is 0 Å². The van der Waals surface area contributed by atoms with Crippen LogP contribution in [0.1, 0.15) is 0 Å². The lowest BCUT2D eigenvalue weighted by Crippen LogP contribution is -3.14. The summed E-state index contributed by atoms with van der Waals surface area (Å²) in [5, 5.41) is 3.37. The van der Waals surface area contributed by atoms with Crippen molar-refractivity contribution in [1.29, 1.82) is 0 Å². The molecule has 0 bridgehead atoms. The fourth-order valence-corrected chi connectivity index (χ4v) is 2.27. The zero-order valence-corrected chi connectivity index (χ0v) is 8.37. The summed E-state index contributed by atoms with van der Waals surface area (Å²) in [5.74, 6) is 0.239. The highest BCUT2D eigenvalue weighted by Gasteiger charge is 2.48. The van der Waals surface area contributed by atoms with Gasteiger partial charge in [-0.15, -0.1) is 0 Å². The van der Waals surface area contributed by atoms with Crippen molar-refractivity contribution in [3.63, 3.8) is 0 Å². The maximum atomic E-state index is 11.8. The van der Waals surface area contributed by atoms with E-state index in [0.717, 1.165) is 6.67 Å². The number of hydrogen-bond acceptors (Lipinski definition) is 3. The van der Waals surface area contributed by atoms with Gasteiger partial charge in [-0.2, -0.15) is 0 Å². The molecule has 74 valence electrons. The van der Waals surface area contributed by atoms with Crippen molar-refractivity contribution in [3.8, 4) is 0 Å². The molecule has 2 heterocycles. The number of nitrogens with zero attached hydrogens (tertiary/aromatic N) is 2. The lowest BCUT2D eigenvalue weighted by Gasteiger charge is -2.33. The van der Waals surface area contributed by atoms with Crippen LogP contribution >= 0.6 is 0 Å². The molecule has 2 fully saturated rings. The molecule has 0 radical (unpaired) electrons. The molecule has 2 saturated heterocycles. The maximum Gasteiger partial charge on any atom is 0.248 e. The van der Waals surface area contributed by atoms with Gasteiger partial charge in [0.15, 0.2) is 12.2 Å². The maximum absolute atomic E-state index is 11.8. The molecule has 0 saturated carbocycles. The van der Waals surface area contributed by atoms with E-state index in [-0.39, 0.29) is 18.1 Å². The molecule has 2 aliphatic heterocycles. The highest BCUT2D eigenvalue weighted by molar-refractivity contribution is 5.83. The van der Waals surface area contributed by atoms with E-state index in [2.05, 4.69) is 17.3 Å². The second-order valence-electron chi connectivity index (χ2n) is 4.08. The highest BCUT2D eigenvalue weighted by Crippen LogP contribution is 2.09. The summed E-state index contributed by atoms with van der Waals surface area (Å²) in [6, 6.07) is 0.0266. The molecule has 2 aliphatic rings. The number of carbonyl (C=O) groups excluding carboxylic acids is 1. The molecule has 2 N–H and O–H groups in total. The second-order valence-corrected chi connectivity index (χ2v) is 4.08. The largest absolute Gasteiger partial charge is 0.331 e. The number of amides is 1. The molecular formula is C8H17N4O+. The van der Waals surface area contributed by atoms with Crippen LogP contribution in [0.5, 0.6) is 0 Å². The van der Waals surface area contributed by atoms with Crippen molar-refractivity contribution in [2.45, 2.75) is 12.2 Å². The third-order valence-corrected chi connectivity index (χ3v) is 3.00. The first-order chi connectivity index (χ1) is 6.11. The minimum Gasteiger partial charge on any atom is -0.331 e. The number of likely N-dealkylation sites (N-methyl/N-ethyl adjacent to an activating group) is 3. The first-order valence-electron chi connectivity index (χ1n) is 4.62. The summed E-state index contributed by atoms with van der Waals surface area (Å²) in [7, 11) is 5.96. The minimum absolute atomic E-state index is 0.0266. The van der Waals surface area contributed by atoms with Crippen LogP contribution in [-0.4, -0.2) is 62.4 Å². The Bertz CT molecular complexity index is 232. The van der Waals surface area contributed by atoms with E-state index in [0.29, 0.717) is 6.67 Å². The average Bonchev–Trinajstić information content (AvgIpc) is 2.35. The van der Waals surface area contributed by atoms with Gasteiger partial charge in [-0.3, -0.25) is 4.79 Å². The average molecular weight is 185 g/mol. The standard InChI is InChI=1S/C8H16N4O/c1-10-4-9-7-6(8(10)13)11(2)5-12(7)3/h6-7,9H,4-5H2,1-3H3/p+1. The van der Waals surface area contributed by atoms with E-state index < -0.39 is 0 Å². The normalized spacial score (nSPS) is 41.0. The molecule has 2 rings (SSSR count). The Balaban J connectivity index is 2.20. The number of fused-ring (bicyclic) bond motifs is 1. The van der Waals surface area contributed by atoms with Crippen LogP contribution in [-0.2, 0) is 4.79 Å². The lowest BCUT2D eigenvalue weighted by molar-refractivity contribution is -0.900.